The van der Waals surface area contributed by atoms with Crippen molar-refractivity contribution in [1.29, 1.82) is 0 Å². The maximum Gasteiger partial charge on any atom is 0.446 e. The number of hydrogen-bond acceptors (Lipinski definition) is 3. The second-order valence-corrected chi connectivity index (χ2v) is 6.78. The Morgan fingerprint density at radius 1 is 1.04 bits per heavy atom. The van der Waals surface area contributed by atoms with E-state index in [1.54, 1.807) is 24.3 Å². The topological polar surface area (TPSA) is 58.2 Å². The highest BCUT2D eigenvalue weighted by molar-refractivity contribution is 9.10. The van der Waals surface area contributed by atoms with Gasteiger partial charge in [-0.05, 0) is 64.1 Å². The normalized spacial score (nSPS) is 11.0. The number of anilines is 1. The highest BCUT2D eigenvalue weighted by atomic mass is 79.9. The Labute approximate surface area is 154 Å². The molecule has 4 nitrogen and oxygen atoms in total. The van der Waals surface area contributed by atoms with E-state index in [4.69, 9.17) is 0 Å². The molecule has 0 saturated heterocycles. The van der Waals surface area contributed by atoms with Gasteiger partial charge in [0, 0.05) is 14.9 Å². The van der Waals surface area contributed by atoms with Gasteiger partial charge in [-0.1, -0.05) is 12.1 Å². The van der Waals surface area contributed by atoms with Gasteiger partial charge in [0.2, 0.25) is 5.91 Å². The number of amides is 2. The van der Waals surface area contributed by atoms with Gasteiger partial charge in [0.15, 0.2) is 0 Å². The highest BCUT2D eigenvalue weighted by Crippen LogP contribution is 2.36. The molecular formula is C16H12BrF3N2O2S. The molecule has 0 aliphatic carbocycles. The number of rotatable bonds is 5. The summed E-state index contributed by atoms with van der Waals surface area (Å²) in [7, 11) is 0. The number of alkyl halides is 3. The molecule has 2 N–H and O–H groups in total. The van der Waals surface area contributed by atoms with Crippen molar-refractivity contribution in [2.24, 2.45) is 0 Å². The SMILES string of the molecule is O=C(CNC(=O)c1ccc(SC(F)(F)F)cc1)Nc1ccccc1Br. The van der Waals surface area contributed by atoms with Gasteiger partial charge in [-0.25, -0.2) is 0 Å². The summed E-state index contributed by atoms with van der Waals surface area (Å²) in [6, 6.07) is 11.9. The summed E-state index contributed by atoms with van der Waals surface area (Å²) in [5.41, 5.74) is -3.65. The lowest BCUT2D eigenvalue weighted by atomic mass is 10.2. The molecule has 0 aliphatic rings. The first-order valence-electron chi connectivity index (χ1n) is 6.93. The molecule has 0 spiro atoms. The summed E-state index contributed by atoms with van der Waals surface area (Å²) < 4.78 is 37.5. The molecule has 0 aromatic heterocycles. The maximum absolute atomic E-state index is 12.3. The van der Waals surface area contributed by atoms with Crippen molar-refractivity contribution in [2.45, 2.75) is 10.4 Å². The van der Waals surface area contributed by atoms with Crippen LogP contribution in [-0.2, 0) is 4.79 Å². The van der Waals surface area contributed by atoms with Crippen LogP contribution in [0.1, 0.15) is 10.4 Å². The minimum atomic E-state index is -4.38. The molecule has 2 amide bonds. The predicted molar refractivity (Wildman–Crippen MR) is 93.5 cm³/mol. The molecule has 2 rings (SSSR count). The maximum atomic E-state index is 12.3. The van der Waals surface area contributed by atoms with Gasteiger partial charge >= 0.3 is 5.51 Å². The van der Waals surface area contributed by atoms with Crippen LogP contribution in [0, 0.1) is 0 Å². The van der Waals surface area contributed by atoms with Crippen LogP contribution in [0.2, 0.25) is 0 Å². The Morgan fingerprint density at radius 3 is 2.28 bits per heavy atom. The third-order valence-corrected chi connectivity index (χ3v) is 4.34. The van der Waals surface area contributed by atoms with E-state index in [1.807, 2.05) is 0 Å². The van der Waals surface area contributed by atoms with Crippen molar-refractivity contribution in [3.63, 3.8) is 0 Å². The molecule has 9 heteroatoms. The molecular weight excluding hydrogens is 421 g/mol. The molecule has 25 heavy (non-hydrogen) atoms. The largest absolute Gasteiger partial charge is 0.446 e. The first-order valence-corrected chi connectivity index (χ1v) is 8.54. The fraction of sp³-hybridized carbons (Fsp3) is 0.125. The van der Waals surface area contributed by atoms with Crippen LogP contribution < -0.4 is 10.6 Å². The van der Waals surface area contributed by atoms with Crippen molar-refractivity contribution in [3.05, 3.63) is 58.6 Å². The second-order valence-electron chi connectivity index (χ2n) is 4.78. The van der Waals surface area contributed by atoms with Crippen molar-refractivity contribution in [3.8, 4) is 0 Å². The Bertz CT molecular complexity index is 767. The standard InChI is InChI=1S/C16H12BrF3N2O2S/c17-12-3-1-2-4-13(12)22-14(23)9-21-15(24)10-5-7-11(8-6-10)25-16(18,19)20/h1-8H,9H2,(H,21,24)(H,22,23). The Morgan fingerprint density at radius 2 is 1.68 bits per heavy atom. The predicted octanol–water partition coefficient (Wildman–Crippen LogP) is 4.43. The lowest BCUT2D eigenvalue weighted by Crippen LogP contribution is -2.32. The van der Waals surface area contributed by atoms with Gasteiger partial charge in [0.05, 0.1) is 12.2 Å². The zero-order valence-corrected chi connectivity index (χ0v) is 15.0. The summed E-state index contributed by atoms with van der Waals surface area (Å²) in [5, 5.41) is 5.03. The summed E-state index contributed by atoms with van der Waals surface area (Å²) in [4.78, 5) is 23.8. The van der Waals surface area contributed by atoms with Crippen LogP contribution in [-0.4, -0.2) is 23.9 Å². The van der Waals surface area contributed by atoms with Crippen molar-refractivity contribution >= 4 is 45.2 Å². The molecule has 0 unspecified atom stereocenters. The molecule has 0 aliphatic heterocycles. The molecule has 0 fully saturated rings. The highest BCUT2D eigenvalue weighted by Gasteiger charge is 2.29. The summed E-state index contributed by atoms with van der Waals surface area (Å²) in [6.45, 7) is -0.265. The number of para-hydroxylation sites is 1. The van der Waals surface area contributed by atoms with Gasteiger partial charge in [-0.2, -0.15) is 13.2 Å². The van der Waals surface area contributed by atoms with Crippen LogP contribution in [0.4, 0.5) is 18.9 Å². The van der Waals surface area contributed by atoms with E-state index in [0.29, 0.717) is 10.2 Å². The molecule has 132 valence electrons. The molecule has 0 radical (unpaired) electrons. The number of benzene rings is 2. The lowest BCUT2D eigenvalue weighted by molar-refractivity contribution is -0.115. The van der Waals surface area contributed by atoms with E-state index in [9.17, 15) is 22.8 Å². The van der Waals surface area contributed by atoms with Crippen molar-refractivity contribution in [1.82, 2.24) is 5.32 Å². The van der Waals surface area contributed by atoms with Gasteiger partial charge < -0.3 is 10.6 Å². The molecule has 2 aromatic rings. The third kappa shape index (κ3) is 6.43. The van der Waals surface area contributed by atoms with E-state index >= 15 is 0 Å². The number of carbonyl (C=O) groups is 2. The van der Waals surface area contributed by atoms with Gasteiger partial charge in [-0.15, -0.1) is 0 Å². The number of hydrogen-bond donors (Lipinski definition) is 2. The Kier molecular flexibility index (Phi) is 6.49. The fourth-order valence-electron chi connectivity index (χ4n) is 1.83. The van der Waals surface area contributed by atoms with Crippen molar-refractivity contribution < 1.29 is 22.8 Å². The third-order valence-electron chi connectivity index (χ3n) is 2.91. The van der Waals surface area contributed by atoms with Gasteiger partial charge in [-0.3, -0.25) is 9.59 Å². The number of thioether (sulfide) groups is 1. The fourth-order valence-corrected chi connectivity index (χ4v) is 2.75. The summed E-state index contributed by atoms with van der Waals surface area (Å²) in [6.07, 6.45) is 0. The quantitative estimate of drug-likeness (QED) is 0.687. The molecule has 0 heterocycles. The zero-order valence-electron chi connectivity index (χ0n) is 12.6. The smallest absolute Gasteiger partial charge is 0.343 e. The lowest BCUT2D eigenvalue weighted by Gasteiger charge is -2.09. The van der Waals surface area contributed by atoms with Crippen LogP contribution in [0.3, 0.4) is 0 Å². The average Bonchev–Trinajstić information content (AvgIpc) is 2.54. The Hall–Kier alpha value is -2.00. The summed E-state index contributed by atoms with van der Waals surface area (Å²) >= 11 is 3.03. The number of carbonyl (C=O) groups excluding carboxylic acids is 2. The van der Waals surface area contributed by atoms with Crippen LogP contribution in [0.15, 0.2) is 57.9 Å². The second kappa shape index (κ2) is 8.39. The molecule has 2 aromatic carbocycles. The van der Waals surface area contributed by atoms with Crippen molar-refractivity contribution in [2.75, 3.05) is 11.9 Å². The van der Waals surface area contributed by atoms with Gasteiger partial charge in [0.1, 0.15) is 0 Å². The average molecular weight is 433 g/mol. The zero-order chi connectivity index (χ0) is 18.4. The van der Waals surface area contributed by atoms with Crippen LogP contribution in [0.25, 0.3) is 0 Å². The van der Waals surface area contributed by atoms with E-state index in [1.165, 1.54) is 24.3 Å². The Balaban J connectivity index is 1.87. The molecule has 0 atom stereocenters. The molecule has 0 bridgehead atoms. The molecule has 0 saturated carbocycles. The minimum Gasteiger partial charge on any atom is -0.343 e. The first kappa shape index (κ1) is 19.3. The van der Waals surface area contributed by atoms with Crippen LogP contribution >= 0.6 is 27.7 Å². The van der Waals surface area contributed by atoms with E-state index in [0.717, 1.165) is 0 Å². The van der Waals surface area contributed by atoms with Crippen LogP contribution in [0.5, 0.6) is 0 Å². The minimum absolute atomic E-state index is 0.0179. The van der Waals surface area contributed by atoms with E-state index in [2.05, 4.69) is 26.6 Å². The first-order chi connectivity index (χ1) is 11.7. The van der Waals surface area contributed by atoms with Gasteiger partial charge in [0.25, 0.3) is 5.91 Å². The monoisotopic (exact) mass is 432 g/mol. The summed E-state index contributed by atoms with van der Waals surface area (Å²) in [5.74, 6) is -0.977. The number of halogens is 4. The van der Waals surface area contributed by atoms with E-state index < -0.39 is 17.3 Å². The van der Waals surface area contributed by atoms with E-state index in [-0.39, 0.29) is 28.8 Å². The number of nitrogens with one attached hydrogen (secondary N) is 2.